The van der Waals surface area contributed by atoms with Gasteiger partial charge in [0, 0.05) is 18.5 Å². The molecule has 0 aliphatic carbocycles. The molecule has 8 nitrogen and oxygen atoms in total. The number of aromatic nitrogens is 2. The van der Waals surface area contributed by atoms with Crippen LogP contribution in [0, 0.1) is 0 Å². The molecule has 1 aromatic heterocycles. The topological polar surface area (TPSA) is 110 Å². The van der Waals surface area contributed by atoms with E-state index in [1.807, 2.05) is 5.43 Å². The Morgan fingerprint density at radius 2 is 1.96 bits per heavy atom. The number of hydrazine groups is 1. The lowest BCUT2D eigenvalue weighted by Crippen LogP contribution is -2.41. The molecule has 0 aliphatic rings. The van der Waals surface area contributed by atoms with Crippen molar-refractivity contribution in [2.24, 2.45) is 0 Å². The summed E-state index contributed by atoms with van der Waals surface area (Å²) in [5, 5.41) is 0. The quantitative estimate of drug-likeness (QED) is 0.768. The van der Waals surface area contributed by atoms with Crippen LogP contribution in [0.3, 0.4) is 0 Å². The number of hydrogen-bond donors (Lipinski definition) is 2. The number of carbonyl (C=O) groups is 1. The number of rotatable bonds is 5. The van der Waals surface area contributed by atoms with E-state index in [4.69, 9.17) is 0 Å². The third kappa shape index (κ3) is 4.89. The van der Waals surface area contributed by atoms with Gasteiger partial charge in [0.2, 0.25) is 0 Å². The third-order valence-corrected chi connectivity index (χ3v) is 3.69. The van der Waals surface area contributed by atoms with Crippen molar-refractivity contribution >= 4 is 15.9 Å². The number of halogens is 3. The lowest BCUT2D eigenvalue weighted by Gasteiger charge is -2.11. The van der Waals surface area contributed by atoms with E-state index < -0.39 is 32.9 Å². The fourth-order valence-corrected chi connectivity index (χ4v) is 2.37. The maximum Gasteiger partial charge on any atom is 0.573 e. The number of nitrogens with zero attached hydrogens (tertiary/aromatic N) is 2. The van der Waals surface area contributed by atoms with Crippen LogP contribution in [0.25, 0.3) is 0 Å². The van der Waals surface area contributed by atoms with Gasteiger partial charge in [0.25, 0.3) is 15.9 Å². The average Bonchev–Trinajstić information content (AvgIpc) is 2.52. The Hall–Kier alpha value is -2.73. The lowest BCUT2D eigenvalue weighted by atomic mass is 10.3. The molecule has 0 saturated heterocycles. The molecule has 0 saturated carbocycles. The number of benzene rings is 1. The summed E-state index contributed by atoms with van der Waals surface area (Å²) in [6, 6.07) is 3.68. The van der Waals surface area contributed by atoms with Gasteiger partial charge in [0.15, 0.2) is 0 Å². The zero-order valence-electron chi connectivity index (χ0n) is 11.6. The van der Waals surface area contributed by atoms with E-state index in [0.29, 0.717) is 6.07 Å². The third-order valence-electron chi connectivity index (χ3n) is 2.44. The summed E-state index contributed by atoms with van der Waals surface area (Å²) >= 11 is 0. The molecule has 0 aliphatic heterocycles. The molecule has 0 spiro atoms. The summed E-state index contributed by atoms with van der Waals surface area (Å²) in [5.74, 6) is -1.61. The summed E-state index contributed by atoms with van der Waals surface area (Å²) in [7, 11) is -4.32. The molecule has 0 atom stereocenters. The van der Waals surface area contributed by atoms with Crippen molar-refractivity contribution in [3.05, 3.63) is 48.5 Å². The van der Waals surface area contributed by atoms with Gasteiger partial charge >= 0.3 is 6.36 Å². The molecule has 1 heterocycles. The van der Waals surface area contributed by atoms with E-state index in [2.05, 4.69) is 14.7 Å². The van der Waals surface area contributed by atoms with Gasteiger partial charge in [-0.25, -0.2) is 13.4 Å². The molecule has 128 valence electrons. The predicted molar refractivity (Wildman–Crippen MR) is 72.9 cm³/mol. The van der Waals surface area contributed by atoms with E-state index in [-0.39, 0.29) is 5.69 Å². The molecule has 0 fully saturated rings. The van der Waals surface area contributed by atoms with E-state index in [9.17, 15) is 26.4 Å². The highest BCUT2D eigenvalue weighted by molar-refractivity contribution is 7.89. The second-order valence-corrected chi connectivity index (χ2v) is 5.86. The number of amides is 1. The first kappa shape index (κ1) is 17.6. The first-order chi connectivity index (χ1) is 11.2. The van der Waals surface area contributed by atoms with Gasteiger partial charge in [0.1, 0.15) is 11.4 Å². The van der Waals surface area contributed by atoms with Gasteiger partial charge in [0.05, 0.1) is 11.1 Å². The maximum atomic E-state index is 12.2. The summed E-state index contributed by atoms with van der Waals surface area (Å²) in [6.45, 7) is 0. The molecule has 24 heavy (non-hydrogen) atoms. The van der Waals surface area contributed by atoms with E-state index in [0.717, 1.165) is 24.4 Å². The van der Waals surface area contributed by atoms with Crippen molar-refractivity contribution < 1.29 is 31.1 Å². The highest BCUT2D eigenvalue weighted by Crippen LogP contribution is 2.24. The number of ether oxygens (including phenoxy) is 1. The number of carbonyl (C=O) groups excluding carboxylic acids is 1. The SMILES string of the molecule is O=C(NNS(=O)(=O)c1cccc(OC(F)(F)F)c1)c1cnccn1. The fourth-order valence-electron chi connectivity index (χ4n) is 1.49. The number of hydrogen-bond acceptors (Lipinski definition) is 6. The Labute approximate surface area is 133 Å². The smallest absolute Gasteiger partial charge is 0.406 e. The maximum absolute atomic E-state index is 12.2. The summed E-state index contributed by atoms with van der Waals surface area (Å²) in [4.78, 5) is 20.1. The zero-order valence-corrected chi connectivity index (χ0v) is 12.4. The van der Waals surface area contributed by atoms with Gasteiger partial charge in [-0.1, -0.05) is 6.07 Å². The molecule has 0 bridgehead atoms. The van der Waals surface area contributed by atoms with Crippen LogP contribution in [0.4, 0.5) is 13.2 Å². The molecule has 0 unspecified atom stereocenters. The average molecular weight is 362 g/mol. The highest BCUT2D eigenvalue weighted by atomic mass is 32.2. The summed E-state index contributed by atoms with van der Waals surface area (Å²) in [6.07, 6.45) is -1.33. The van der Waals surface area contributed by atoms with Gasteiger partial charge in [-0.2, -0.15) is 0 Å². The Balaban J connectivity index is 2.10. The van der Waals surface area contributed by atoms with Crippen molar-refractivity contribution in [1.29, 1.82) is 0 Å². The van der Waals surface area contributed by atoms with Crippen LogP contribution in [0.1, 0.15) is 10.5 Å². The first-order valence-electron chi connectivity index (χ1n) is 6.11. The second kappa shape index (κ2) is 6.80. The normalized spacial score (nSPS) is 11.8. The number of nitrogens with one attached hydrogen (secondary N) is 2. The van der Waals surface area contributed by atoms with Crippen LogP contribution in [0.5, 0.6) is 5.75 Å². The van der Waals surface area contributed by atoms with Crippen LogP contribution in [-0.2, 0) is 10.0 Å². The standard InChI is InChI=1S/C12H9F3N4O4S/c13-12(14,15)23-8-2-1-3-9(6-8)24(21,22)19-18-11(20)10-7-16-4-5-17-10/h1-7,19H,(H,18,20). The van der Waals surface area contributed by atoms with E-state index in [1.54, 1.807) is 4.83 Å². The van der Waals surface area contributed by atoms with Crippen LogP contribution in [-0.4, -0.2) is 30.7 Å². The molecular weight excluding hydrogens is 353 g/mol. The molecule has 2 N–H and O–H groups in total. The Kier molecular flexibility index (Phi) is 4.99. The van der Waals surface area contributed by atoms with Gasteiger partial charge in [-0.05, 0) is 12.1 Å². The van der Waals surface area contributed by atoms with Gasteiger partial charge in [-0.3, -0.25) is 15.2 Å². The van der Waals surface area contributed by atoms with Gasteiger partial charge in [-0.15, -0.1) is 18.0 Å². The molecular formula is C12H9F3N4O4S. The zero-order chi connectivity index (χ0) is 17.8. The van der Waals surface area contributed by atoms with Crippen LogP contribution < -0.4 is 15.0 Å². The fraction of sp³-hybridized carbons (Fsp3) is 0.0833. The molecule has 1 aromatic carbocycles. The number of alkyl halides is 3. The van der Waals surface area contributed by atoms with Crippen LogP contribution >= 0.6 is 0 Å². The molecule has 2 rings (SSSR count). The molecule has 12 heteroatoms. The Morgan fingerprint density at radius 1 is 1.21 bits per heavy atom. The van der Waals surface area contributed by atoms with Crippen molar-refractivity contribution in [2.45, 2.75) is 11.3 Å². The monoisotopic (exact) mass is 362 g/mol. The first-order valence-corrected chi connectivity index (χ1v) is 7.60. The van der Waals surface area contributed by atoms with Crippen LogP contribution in [0.2, 0.25) is 0 Å². The minimum absolute atomic E-state index is 0.158. The van der Waals surface area contributed by atoms with Crippen molar-refractivity contribution in [1.82, 2.24) is 20.2 Å². The van der Waals surface area contributed by atoms with Crippen LogP contribution in [0.15, 0.2) is 47.8 Å². The van der Waals surface area contributed by atoms with Crippen molar-refractivity contribution in [3.63, 3.8) is 0 Å². The minimum atomic E-state index is -4.96. The summed E-state index contributed by atoms with van der Waals surface area (Å²) < 4.78 is 64.1. The predicted octanol–water partition coefficient (Wildman–Crippen LogP) is 0.998. The van der Waals surface area contributed by atoms with Gasteiger partial charge < -0.3 is 4.74 Å². The van der Waals surface area contributed by atoms with Crippen molar-refractivity contribution in [3.8, 4) is 5.75 Å². The molecule has 0 radical (unpaired) electrons. The number of sulfonamides is 1. The highest BCUT2D eigenvalue weighted by Gasteiger charge is 2.31. The molecule has 1 amide bonds. The summed E-state index contributed by atoms with van der Waals surface area (Å²) in [5.41, 5.74) is 1.70. The minimum Gasteiger partial charge on any atom is -0.406 e. The van der Waals surface area contributed by atoms with E-state index >= 15 is 0 Å². The lowest BCUT2D eigenvalue weighted by molar-refractivity contribution is -0.274. The Bertz CT molecular complexity index is 828. The largest absolute Gasteiger partial charge is 0.573 e. The van der Waals surface area contributed by atoms with E-state index in [1.165, 1.54) is 12.4 Å². The Morgan fingerprint density at radius 3 is 2.58 bits per heavy atom. The van der Waals surface area contributed by atoms with Crippen molar-refractivity contribution in [2.75, 3.05) is 0 Å². The second-order valence-electron chi connectivity index (χ2n) is 4.17. The molecule has 2 aromatic rings.